The summed E-state index contributed by atoms with van der Waals surface area (Å²) < 4.78 is 0. The van der Waals surface area contributed by atoms with Gasteiger partial charge in [-0.05, 0) is 22.3 Å². The number of hydrogen-bond donors (Lipinski definition) is 2. The lowest BCUT2D eigenvalue weighted by atomic mass is 9.66. The summed E-state index contributed by atoms with van der Waals surface area (Å²) >= 11 is 0. The van der Waals surface area contributed by atoms with Crippen LogP contribution >= 0.6 is 0 Å². The van der Waals surface area contributed by atoms with Crippen molar-refractivity contribution in [3.05, 3.63) is 138 Å². The number of rotatable bonds is 5. The van der Waals surface area contributed by atoms with Crippen LogP contribution in [0.3, 0.4) is 0 Å². The normalized spacial score (nSPS) is 13.6. The largest absolute Gasteiger partial charge is 0.377 e. The Bertz CT molecular complexity index is 1040. The number of hydrogen-bond acceptors (Lipinski definition) is 2. The van der Waals surface area contributed by atoms with Crippen LogP contribution in [0.5, 0.6) is 0 Å². The van der Waals surface area contributed by atoms with Gasteiger partial charge in [-0.1, -0.05) is 120 Å². The molecule has 2 N–H and O–H groups in total. The molecule has 141 valence electrons. The molecule has 0 heterocycles. The Kier molecular flexibility index (Phi) is 5.20. The molecule has 0 saturated carbocycles. The summed E-state index contributed by atoms with van der Waals surface area (Å²) in [7, 11) is 3.66. The van der Waals surface area contributed by atoms with Gasteiger partial charge in [0.15, 0.2) is 11.2 Å². The first-order valence-electron chi connectivity index (χ1n) is 9.51. The molecular weight excluding hydrogens is 372 g/mol. The Morgan fingerprint density at radius 2 is 0.793 bits per heavy atom. The lowest BCUT2D eigenvalue weighted by Crippen LogP contribution is -2.53. The van der Waals surface area contributed by atoms with Crippen molar-refractivity contribution in [2.75, 3.05) is 0 Å². The first-order valence-corrected chi connectivity index (χ1v) is 10.0. The SMILES string of the molecule is OC(c1ccccc1)(c1ccccc1)C(O)(c1ccccc1)c1ccccc1[Si]. The highest BCUT2D eigenvalue weighted by molar-refractivity contribution is 6.33. The van der Waals surface area contributed by atoms with Gasteiger partial charge in [-0.2, -0.15) is 0 Å². The fourth-order valence-electron chi connectivity index (χ4n) is 3.98. The van der Waals surface area contributed by atoms with E-state index in [1.165, 1.54) is 0 Å². The van der Waals surface area contributed by atoms with Gasteiger partial charge in [0, 0.05) is 0 Å². The van der Waals surface area contributed by atoms with Gasteiger partial charge in [-0.3, -0.25) is 0 Å². The molecule has 1 unspecified atom stereocenters. The predicted molar refractivity (Wildman–Crippen MR) is 117 cm³/mol. The molecule has 0 spiro atoms. The van der Waals surface area contributed by atoms with Crippen molar-refractivity contribution >= 4 is 15.4 Å². The van der Waals surface area contributed by atoms with Gasteiger partial charge in [-0.15, -0.1) is 0 Å². The molecule has 4 rings (SSSR count). The fraction of sp³-hybridized carbons (Fsp3) is 0.0769. The zero-order valence-electron chi connectivity index (χ0n) is 15.9. The second kappa shape index (κ2) is 7.80. The molecule has 0 aliphatic heterocycles. The molecule has 0 bridgehead atoms. The first kappa shape index (κ1) is 19.3. The highest BCUT2D eigenvalue weighted by Gasteiger charge is 2.54. The molecule has 0 aliphatic rings. The van der Waals surface area contributed by atoms with E-state index in [9.17, 15) is 10.2 Å². The molecule has 0 aliphatic carbocycles. The van der Waals surface area contributed by atoms with Gasteiger partial charge in [0.1, 0.15) is 0 Å². The molecule has 1 atom stereocenters. The van der Waals surface area contributed by atoms with E-state index in [-0.39, 0.29) is 0 Å². The van der Waals surface area contributed by atoms with E-state index >= 15 is 0 Å². The van der Waals surface area contributed by atoms with Crippen LogP contribution in [0.25, 0.3) is 0 Å². The summed E-state index contributed by atoms with van der Waals surface area (Å²) in [4.78, 5) is 0. The molecule has 0 amide bonds. The smallest absolute Gasteiger partial charge is 0.152 e. The zero-order chi connectivity index (χ0) is 20.3. The van der Waals surface area contributed by atoms with E-state index in [1.807, 2.05) is 115 Å². The van der Waals surface area contributed by atoms with Crippen LogP contribution < -0.4 is 5.19 Å². The van der Waals surface area contributed by atoms with E-state index in [2.05, 4.69) is 10.2 Å². The highest BCUT2D eigenvalue weighted by atomic mass is 28.1. The lowest BCUT2D eigenvalue weighted by molar-refractivity contribution is -0.112. The molecular formula is C26H21O2Si. The molecule has 4 aromatic carbocycles. The van der Waals surface area contributed by atoms with Gasteiger partial charge in [-0.25, -0.2) is 0 Å². The van der Waals surface area contributed by atoms with Crippen molar-refractivity contribution in [3.8, 4) is 0 Å². The van der Waals surface area contributed by atoms with E-state index in [0.29, 0.717) is 27.4 Å². The second-order valence-electron chi connectivity index (χ2n) is 7.06. The van der Waals surface area contributed by atoms with Crippen LogP contribution in [-0.2, 0) is 11.2 Å². The van der Waals surface area contributed by atoms with Gasteiger partial charge in [0.05, 0.1) is 10.2 Å². The minimum Gasteiger partial charge on any atom is -0.377 e. The van der Waals surface area contributed by atoms with Crippen molar-refractivity contribution in [1.82, 2.24) is 0 Å². The highest BCUT2D eigenvalue weighted by Crippen LogP contribution is 2.48. The molecule has 0 fully saturated rings. The summed E-state index contributed by atoms with van der Waals surface area (Å²) in [6.45, 7) is 0. The average molecular weight is 394 g/mol. The molecule has 0 saturated heterocycles. The van der Waals surface area contributed by atoms with Crippen LogP contribution in [0.2, 0.25) is 0 Å². The maximum atomic E-state index is 12.5. The quantitative estimate of drug-likeness (QED) is 0.508. The van der Waals surface area contributed by atoms with Crippen LogP contribution in [0.4, 0.5) is 0 Å². The minimum absolute atomic E-state index is 0.582. The lowest BCUT2D eigenvalue weighted by Gasteiger charge is -2.46. The Balaban J connectivity index is 2.12. The van der Waals surface area contributed by atoms with E-state index in [1.54, 1.807) is 0 Å². The monoisotopic (exact) mass is 393 g/mol. The molecule has 2 nitrogen and oxygen atoms in total. The molecule has 3 heteroatoms. The summed E-state index contributed by atoms with van der Waals surface area (Å²) in [5.74, 6) is 0. The van der Waals surface area contributed by atoms with E-state index in [0.717, 1.165) is 0 Å². The average Bonchev–Trinajstić information content (AvgIpc) is 2.80. The van der Waals surface area contributed by atoms with Gasteiger partial charge >= 0.3 is 0 Å². The number of benzene rings is 4. The van der Waals surface area contributed by atoms with Crippen molar-refractivity contribution in [3.63, 3.8) is 0 Å². The van der Waals surface area contributed by atoms with Gasteiger partial charge in [0.2, 0.25) is 0 Å². The number of aliphatic hydroxyl groups is 2. The van der Waals surface area contributed by atoms with Crippen molar-refractivity contribution in [1.29, 1.82) is 0 Å². The van der Waals surface area contributed by atoms with Gasteiger partial charge < -0.3 is 10.2 Å². The van der Waals surface area contributed by atoms with E-state index < -0.39 is 11.2 Å². The molecule has 4 aromatic rings. The molecule has 29 heavy (non-hydrogen) atoms. The van der Waals surface area contributed by atoms with Crippen LogP contribution in [0.15, 0.2) is 115 Å². The van der Waals surface area contributed by atoms with Crippen LogP contribution in [0.1, 0.15) is 22.3 Å². The Morgan fingerprint density at radius 3 is 1.21 bits per heavy atom. The standard InChI is InChI=1S/C26H21O2Si/c27-25(20-12-4-1-5-13-20,21-14-6-2-7-15-21)26(28,22-16-8-3-9-17-22)23-18-10-11-19-24(23)29/h1-19,27-28H. The maximum absolute atomic E-state index is 12.5. The van der Waals surface area contributed by atoms with Crippen LogP contribution in [-0.4, -0.2) is 20.5 Å². The third-order valence-electron chi connectivity index (χ3n) is 5.42. The van der Waals surface area contributed by atoms with Crippen LogP contribution in [0, 0.1) is 0 Å². The second-order valence-corrected chi connectivity index (χ2v) is 7.60. The minimum atomic E-state index is -1.75. The van der Waals surface area contributed by atoms with E-state index in [4.69, 9.17) is 0 Å². The summed E-state index contributed by atoms with van der Waals surface area (Å²) in [5.41, 5.74) is -1.10. The third-order valence-corrected chi connectivity index (χ3v) is 5.85. The van der Waals surface area contributed by atoms with Crippen molar-refractivity contribution in [2.45, 2.75) is 11.2 Å². The summed E-state index contributed by atoms with van der Waals surface area (Å²) in [5, 5.41) is 25.6. The maximum Gasteiger partial charge on any atom is 0.152 e. The topological polar surface area (TPSA) is 40.5 Å². The fourth-order valence-corrected chi connectivity index (χ4v) is 4.34. The Labute approximate surface area is 174 Å². The Hall–Kier alpha value is -2.98. The summed E-state index contributed by atoms with van der Waals surface area (Å²) in [6, 6.07) is 35.4. The van der Waals surface area contributed by atoms with Crippen molar-refractivity contribution < 1.29 is 10.2 Å². The molecule has 3 radical (unpaired) electrons. The van der Waals surface area contributed by atoms with Gasteiger partial charge in [0.25, 0.3) is 0 Å². The zero-order valence-corrected chi connectivity index (χ0v) is 16.9. The third kappa shape index (κ3) is 3.14. The Morgan fingerprint density at radius 1 is 0.448 bits per heavy atom. The molecule has 0 aromatic heterocycles. The summed E-state index contributed by atoms with van der Waals surface area (Å²) in [6.07, 6.45) is 0. The van der Waals surface area contributed by atoms with Crippen molar-refractivity contribution in [2.24, 2.45) is 0 Å². The predicted octanol–water partition coefficient (Wildman–Crippen LogP) is 3.65. The first-order chi connectivity index (χ1) is 14.1.